The third-order valence-corrected chi connectivity index (χ3v) is 6.79. The van der Waals surface area contributed by atoms with Crippen LogP contribution in [0.25, 0.3) is 0 Å². The Morgan fingerprint density at radius 3 is 2.74 bits per heavy atom. The van der Waals surface area contributed by atoms with E-state index >= 15 is 0 Å². The van der Waals surface area contributed by atoms with Crippen LogP contribution in [-0.2, 0) is 0 Å². The number of unbranched alkanes of at least 4 members (excludes halogenated alkanes) is 3. The Balaban J connectivity index is 1.69. The van der Waals surface area contributed by atoms with E-state index in [1.54, 1.807) is 5.57 Å². The van der Waals surface area contributed by atoms with Gasteiger partial charge in [-0.05, 0) is 83.3 Å². The van der Waals surface area contributed by atoms with E-state index in [0.29, 0.717) is 17.8 Å². The molecule has 0 aromatic carbocycles. The third-order valence-electron chi connectivity index (χ3n) is 6.79. The largest absolute Gasteiger partial charge is 0.392 e. The van der Waals surface area contributed by atoms with Crippen molar-refractivity contribution in [1.29, 1.82) is 0 Å². The highest BCUT2D eigenvalue weighted by molar-refractivity contribution is 5.20. The molecule has 0 radical (unpaired) electrons. The van der Waals surface area contributed by atoms with Crippen LogP contribution in [0.3, 0.4) is 0 Å². The molecule has 0 saturated heterocycles. The zero-order valence-corrected chi connectivity index (χ0v) is 18.5. The number of aliphatic hydroxyl groups is 1. The summed E-state index contributed by atoms with van der Waals surface area (Å²) in [5, 5.41) is 10.5. The molecule has 2 rings (SSSR count). The zero-order chi connectivity index (χ0) is 19.6. The second kappa shape index (κ2) is 12.1. The first-order valence-corrected chi connectivity index (χ1v) is 11.7. The quantitative estimate of drug-likeness (QED) is 0.305. The maximum absolute atomic E-state index is 10.5. The van der Waals surface area contributed by atoms with Crippen LogP contribution in [0.1, 0.15) is 84.5 Å². The van der Waals surface area contributed by atoms with Crippen molar-refractivity contribution in [3.63, 3.8) is 0 Å². The van der Waals surface area contributed by atoms with Gasteiger partial charge in [-0.25, -0.2) is 0 Å². The Kier molecular flexibility index (Phi) is 10.1. The molecule has 5 atom stereocenters. The van der Waals surface area contributed by atoms with Gasteiger partial charge in [-0.2, -0.15) is 0 Å². The van der Waals surface area contributed by atoms with Crippen molar-refractivity contribution in [3.05, 3.63) is 23.8 Å². The standard InChI is InChI=1S/C25H45NO/c1-5-6-12-20(2)13-9-10-15-23-24-18-21(17-22(24)19-25(23)27)14-8-7-11-16-26(3)4/h10,15,17,20,22-25,27H,5-9,11-14,16,18-19H2,1-4H3/b15-10+/t20-,22-,23+,24-,25+/m0/s1. The van der Waals surface area contributed by atoms with Crippen molar-refractivity contribution in [2.45, 2.75) is 90.6 Å². The van der Waals surface area contributed by atoms with Crippen LogP contribution in [0, 0.1) is 23.7 Å². The molecule has 1 fully saturated rings. The molecule has 2 aliphatic carbocycles. The lowest BCUT2D eigenvalue weighted by atomic mass is 9.88. The van der Waals surface area contributed by atoms with Gasteiger partial charge in [0.25, 0.3) is 0 Å². The first-order valence-electron chi connectivity index (χ1n) is 11.7. The number of rotatable bonds is 13. The molecule has 1 N–H and O–H groups in total. The summed E-state index contributed by atoms with van der Waals surface area (Å²) in [5.74, 6) is 2.53. The lowest BCUT2D eigenvalue weighted by Gasteiger charge is -2.18. The summed E-state index contributed by atoms with van der Waals surface area (Å²) >= 11 is 0. The molecule has 27 heavy (non-hydrogen) atoms. The van der Waals surface area contributed by atoms with Gasteiger partial charge in [0.05, 0.1) is 6.10 Å². The molecule has 0 spiro atoms. The predicted molar refractivity (Wildman–Crippen MR) is 118 cm³/mol. The van der Waals surface area contributed by atoms with Crippen molar-refractivity contribution in [3.8, 4) is 0 Å². The van der Waals surface area contributed by atoms with Crippen molar-refractivity contribution in [1.82, 2.24) is 4.90 Å². The van der Waals surface area contributed by atoms with Crippen LogP contribution in [0.5, 0.6) is 0 Å². The lowest BCUT2D eigenvalue weighted by molar-refractivity contribution is 0.141. The minimum Gasteiger partial charge on any atom is -0.392 e. The molecule has 2 heteroatoms. The molecule has 2 aliphatic rings. The van der Waals surface area contributed by atoms with Gasteiger partial charge in [0.1, 0.15) is 0 Å². The summed E-state index contributed by atoms with van der Waals surface area (Å²) < 4.78 is 0. The third kappa shape index (κ3) is 7.74. The van der Waals surface area contributed by atoms with E-state index in [1.807, 2.05) is 0 Å². The van der Waals surface area contributed by atoms with Gasteiger partial charge in [-0.1, -0.05) is 63.3 Å². The second-order valence-electron chi connectivity index (χ2n) is 9.60. The van der Waals surface area contributed by atoms with Gasteiger partial charge in [0.15, 0.2) is 0 Å². The molecule has 0 aromatic heterocycles. The van der Waals surface area contributed by atoms with E-state index in [9.17, 15) is 5.11 Å². The topological polar surface area (TPSA) is 23.5 Å². The van der Waals surface area contributed by atoms with Crippen molar-refractivity contribution in [2.75, 3.05) is 20.6 Å². The predicted octanol–water partition coefficient (Wildman–Crippen LogP) is 6.21. The highest BCUT2D eigenvalue weighted by atomic mass is 16.3. The van der Waals surface area contributed by atoms with Crippen molar-refractivity contribution >= 4 is 0 Å². The molecule has 0 aromatic rings. The summed E-state index contributed by atoms with van der Waals surface area (Å²) in [7, 11) is 4.32. The first-order chi connectivity index (χ1) is 13.0. The minimum absolute atomic E-state index is 0.119. The van der Waals surface area contributed by atoms with Crippen LogP contribution >= 0.6 is 0 Å². The Labute approximate surface area is 169 Å². The first kappa shape index (κ1) is 22.7. The maximum Gasteiger partial charge on any atom is 0.0611 e. The van der Waals surface area contributed by atoms with Gasteiger partial charge in [-0.15, -0.1) is 0 Å². The van der Waals surface area contributed by atoms with E-state index in [1.165, 1.54) is 70.8 Å². The molecule has 2 nitrogen and oxygen atoms in total. The van der Waals surface area contributed by atoms with E-state index < -0.39 is 0 Å². The minimum atomic E-state index is -0.119. The van der Waals surface area contributed by atoms with Gasteiger partial charge >= 0.3 is 0 Å². The van der Waals surface area contributed by atoms with Crippen LogP contribution in [0.2, 0.25) is 0 Å². The molecular weight excluding hydrogens is 330 g/mol. The SMILES string of the molecule is CCCC[C@H](C)CC/C=C/[C@@H]1[C@H]2CC(CCCCCN(C)C)=C[C@H]2C[C@H]1O. The maximum atomic E-state index is 10.5. The number of allylic oxidation sites excluding steroid dienone is 3. The highest BCUT2D eigenvalue weighted by Gasteiger charge is 2.42. The highest BCUT2D eigenvalue weighted by Crippen LogP contribution is 2.48. The van der Waals surface area contributed by atoms with E-state index in [2.05, 4.69) is 51.1 Å². The Hall–Kier alpha value is -0.600. The van der Waals surface area contributed by atoms with Crippen molar-refractivity contribution < 1.29 is 5.11 Å². The molecule has 0 bridgehead atoms. The Morgan fingerprint density at radius 1 is 1.19 bits per heavy atom. The number of fused-ring (bicyclic) bond motifs is 1. The molecule has 0 amide bonds. The molecule has 156 valence electrons. The summed E-state index contributed by atoms with van der Waals surface area (Å²) in [6.07, 6.45) is 21.1. The molecular formula is C25H45NO. The fraction of sp³-hybridized carbons (Fsp3) is 0.840. The summed E-state index contributed by atoms with van der Waals surface area (Å²) in [5.41, 5.74) is 1.67. The zero-order valence-electron chi connectivity index (χ0n) is 18.5. The molecule has 0 heterocycles. The average Bonchev–Trinajstić information content (AvgIpc) is 3.13. The van der Waals surface area contributed by atoms with Crippen molar-refractivity contribution in [2.24, 2.45) is 23.7 Å². The Bertz CT molecular complexity index is 467. The molecule has 0 aliphatic heterocycles. The van der Waals surface area contributed by atoms with Gasteiger partial charge in [-0.3, -0.25) is 0 Å². The van der Waals surface area contributed by atoms with Gasteiger partial charge in [0, 0.05) is 5.92 Å². The lowest BCUT2D eigenvalue weighted by Crippen LogP contribution is -2.17. The smallest absolute Gasteiger partial charge is 0.0611 e. The summed E-state index contributed by atoms with van der Waals surface area (Å²) in [6, 6.07) is 0. The van der Waals surface area contributed by atoms with Crippen LogP contribution in [0.4, 0.5) is 0 Å². The number of aliphatic hydroxyl groups excluding tert-OH is 1. The van der Waals surface area contributed by atoms with E-state index in [4.69, 9.17) is 0 Å². The van der Waals surface area contributed by atoms with Crippen LogP contribution < -0.4 is 0 Å². The summed E-state index contributed by atoms with van der Waals surface area (Å²) in [6.45, 7) is 5.87. The number of hydrogen-bond acceptors (Lipinski definition) is 2. The van der Waals surface area contributed by atoms with Gasteiger partial charge in [0.2, 0.25) is 0 Å². The van der Waals surface area contributed by atoms with Gasteiger partial charge < -0.3 is 10.0 Å². The second-order valence-corrected chi connectivity index (χ2v) is 9.60. The normalized spacial score (nSPS) is 28.9. The fourth-order valence-corrected chi connectivity index (χ4v) is 5.08. The van der Waals surface area contributed by atoms with Crippen LogP contribution in [0.15, 0.2) is 23.8 Å². The molecule has 0 unspecified atom stereocenters. The Morgan fingerprint density at radius 2 is 2.00 bits per heavy atom. The van der Waals surface area contributed by atoms with E-state index in [0.717, 1.165) is 12.3 Å². The van der Waals surface area contributed by atoms with E-state index in [-0.39, 0.29) is 6.10 Å². The number of hydrogen-bond donors (Lipinski definition) is 1. The van der Waals surface area contributed by atoms with Crippen LogP contribution in [-0.4, -0.2) is 36.8 Å². The average molecular weight is 376 g/mol. The fourth-order valence-electron chi connectivity index (χ4n) is 5.08. The molecule has 1 saturated carbocycles. The summed E-state index contributed by atoms with van der Waals surface area (Å²) in [4.78, 5) is 2.28. The number of nitrogens with zero attached hydrogens (tertiary/aromatic N) is 1. The monoisotopic (exact) mass is 375 g/mol.